The maximum absolute atomic E-state index is 11.8. The highest BCUT2D eigenvalue weighted by atomic mass is 16.2. The van der Waals surface area contributed by atoms with Gasteiger partial charge in [-0.25, -0.2) is 4.79 Å². The van der Waals surface area contributed by atoms with Gasteiger partial charge in [-0.05, 0) is 24.6 Å². The van der Waals surface area contributed by atoms with E-state index in [1.54, 1.807) is 0 Å². The predicted octanol–water partition coefficient (Wildman–Crippen LogP) is 1.95. The van der Waals surface area contributed by atoms with Gasteiger partial charge in [-0.1, -0.05) is 30.4 Å². The van der Waals surface area contributed by atoms with Crippen LogP contribution in [-0.4, -0.2) is 18.4 Å². The average molecular weight is 285 g/mol. The smallest absolute Gasteiger partial charge is 0.309 e. The van der Waals surface area contributed by atoms with E-state index in [-0.39, 0.29) is 0 Å². The molecular formula is C16H19N3O2. The van der Waals surface area contributed by atoms with E-state index >= 15 is 0 Å². The molecule has 110 valence electrons. The van der Waals surface area contributed by atoms with E-state index < -0.39 is 6.03 Å². The van der Waals surface area contributed by atoms with E-state index in [1.807, 2.05) is 18.2 Å². The lowest BCUT2D eigenvalue weighted by atomic mass is 9.87. The number of amides is 2. The van der Waals surface area contributed by atoms with Crippen molar-refractivity contribution in [2.75, 3.05) is 11.4 Å². The van der Waals surface area contributed by atoms with Gasteiger partial charge < -0.3 is 16.4 Å². The molecule has 1 aliphatic carbocycles. The number of urea groups is 1. The van der Waals surface area contributed by atoms with Crippen LogP contribution in [0.3, 0.4) is 0 Å². The highest BCUT2D eigenvalue weighted by molar-refractivity contribution is 5.87. The van der Waals surface area contributed by atoms with Crippen LogP contribution in [0.1, 0.15) is 12.8 Å². The average Bonchev–Trinajstić information content (AvgIpc) is 2.46. The van der Waals surface area contributed by atoms with Crippen molar-refractivity contribution < 1.29 is 9.59 Å². The van der Waals surface area contributed by atoms with Gasteiger partial charge in [0.25, 0.3) is 0 Å². The number of primary amides is 2. The Hall–Kier alpha value is -2.56. The first-order chi connectivity index (χ1) is 10.1. The second kappa shape index (κ2) is 6.74. The third-order valence-electron chi connectivity index (χ3n) is 3.43. The van der Waals surface area contributed by atoms with Gasteiger partial charge in [-0.2, -0.15) is 0 Å². The first-order valence-electron chi connectivity index (χ1n) is 6.84. The third kappa shape index (κ3) is 3.95. The standard InChI is InChI=1S/C15H15NO.CH4N2O/c17-14-10-12-6-4-5-9-15(12)16(11-14)13-7-2-1-3-8-13;2-1(3)4/h1-5,7-9,12H,6,10-11H2;(H4,2,3,4). The van der Waals surface area contributed by atoms with Crippen LogP contribution in [-0.2, 0) is 4.79 Å². The van der Waals surface area contributed by atoms with Crippen LogP contribution in [0.4, 0.5) is 10.5 Å². The van der Waals surface area contributed by atoms with Crippen molar-refractivity contribution in [1.82, 2.24) is 0 Å². The van der Waals surface area contributed by atoms with Crippen LogP contribution in [0, 0.1) is 5.92 Å². The van der Waals surface area contributed by atoms with Gasteiger partial charge in [0.15, 0.2) is 5.78 Å². The minimum Gasteiger partial charge on any atom is -0.352 e. The van der Waals surface area contributed by atoms with Crippen LogP contribution in [0.2, 0.25) is 0 Å². The summed E-state index contributed by atoms with van der Waals surface area (Å²) in [6.07, 6.45) is 8.07. The molecule has 3 rings (SSSR count). The Balaban J connectivity index is 0.000000361. The Bertz CT molecular complexity index is 574. The summed E-state index contributed by atoms with van der Waals surface area (Å²) in [4.78, 5) is 23.0. The number of rotatable bonds is 1. The molecule has 1 atom stereocenters. The maximum atomic E-state index is 11.8. The van der Waals surface area contributed by atoms with E-state index in [2.05, 4.69) is 46.7 Å². The first-order valence-corrected chi connectivity index (χ1v) is 6.84. The van der Waals surface area contributed by atoms with E-state index in [4.69, 9.17) is 4.79 Å². The number of hydrogen-bond acceptors (Lipinski definition) is 3. The molecule has 0 radical (unpaired) electrons. The van der Waals surface area contributed by atoms with Crippen molar-refractivity contribution in [2.24, 2.45) is 17.4 Å². The minimum atomic E-state index is -0.833. The Morgan fingerprint density at radius 1 is 1.19 bits per heavy atom. The van der Waals surface area contributed by atoms with Gasteiger partial charge in [0.1, 0.15) is 0 Å². The summed E-state index contributed by atoms with van der Waals surface area (Å²) in [6.45, 7) is 0.514. The lowest BCUT2D eigenvalue weighted by molar-refractivity contribution is -0.119. The number of hydrogen-bond donors (Lipinski definition) is 2. The first kappa shape index (κ1) is 14.8. The topological polar surface area (TPSA) is 89.4 Å². The van der Waals surface area contributed by atoms with Crippen molar-refractivity contribution in [1.29, 1.82) is 0 Å². The van der Waals surface area contributed by atoms with E-state index in [0.29, 0.717) is 24.7 Å². The predicted molar refractivity (Wildman–Crippen MR) is 82.5 cm³/mol. The van der Waals surface area contributed by atoms with Gasteiger partial charge in [-0.3, -0.25) is 4.79 Å². The highest BCUT2D eigenvalue weighted by Crippen LogP contribution is 2.34. The Morgan fingerprint density at radius 3 is 2.52 bits per heavy atom. The lowest BCUT2D eigenvalue weighted by Crippen LogP contribution is -2.39. The summed E-state index contributed by atoms with van der Waals surface area (Å²) >= 11 is 0. The van der Waals surface area contributed by atoms with Crippen molar-refractivity contribution in [3.63, 3.8) is 0 Å². The number of benzene rings is 1. The molecule has 5 nitrogen and oxygen atoms in total. The second-order valence-electron chi connectivity index (χ2n) is 5.02. The molecule has 1 unspecified atom stereocenters. The summed E-state index contributed by atoms with van der Waals surface area (Å²) in [7, 11) is 0. The van der Waals surface area contributed by atoms with Gasteiger partial charge in [0, 0.05) is 23.7 Å². The van der Waals surface area contributed by atoms with Crippen LogP contribution in [0.15, 0.2) is 54.3 Å². The Labute approximate surface area is 123 Å². The summed E-state index contributed by atoms with van der Waals surface area (Å²) in [5.74, 6) is 0.716. The number of nitrogens with zero attached hydrogens (tertiary/aromatic N) is 1. The molecule has 1 heterocycles. The zero-order valence-corrected chi connectivity index (χ0v) is 11.7. The largest absolute Gasteiger partial charge is 0.352 e. The Kier molecular flexibility index (Phi) is 4.77. The van der Waals surface area contributed by atoms with E-state index in [9.17, 15) is 4.79 Å². The molecule has 5 heteroatoms. The van der Waals surface area contributed by atoms with Crippen molar-refractivity contribution in [2.45, 2.75) is 12.8 Å². The number of piperidine rings is 1. The molecular weight excluding hydrogens is 266 g/mol. The number of Topliss-reactive ketones (excluding diaryl/α,β-unsaturated/α-hetero) is 1. The maximum Gasteiger partial charge on any atom is 0.309 e. The van der Waals surface area contributed by atoms with Crippen molar-refractivity contribution >= 4 is 17.5 Å². The number of para-hydroxylation sites is 1. The molecule has 2 amide bonds. The quantitative estimate of drug-likeness (QED) is 0.826. The van der Waals surface area contributed by atoms with Gasteiger partial charge in [-0.15, -0.1) is 0 Å². The number of allylic oxidation sites excluding steroid dienone is 4. The van der Waals surface area contributed by atoms with Crippen molar-refractivity contribution in [3.8, 4) is 0 Å². The summed E-state index contributed by atoms with van der Waals surface area (Å²) < 4.78 is 0. The van der Waals surface area contributed by atoms with Gasteiger partial charge >= 0.3 is 6.03 Å². The molecule has 0 aromatic heterocycles. The normalized spacial score (nSPS) is 20.0. The third-order valence-corrected chi connectivity index (χ3v) is 3.43. The van der Waals surface area contributed by atoms with Crippen molar-refractivity contribution in [3.05, 3.63) is 54.3 Å². The molecule has 1 aromatic carbocycles. The Morgan fingerprint density at radius 2 is 1.86 bits per heavy atom. The van der Waals surface area contributed by atoms with Crippen LogP contribution < -0.4 is 16.4 Å². The molecule has 1 aliphatic heterocycles. The molecule has 21 heavy (non-hydrogen) atoms. The van der Waals surface area contributed by atoms with Crippen LogP contribution >= 0.6 is 0 Å². The van der Waals surface area contributed by atoms with E-state index in [1.165, 1.54) is 5.70 Å². The number of ketones is 1. The number of fused-ring (bicyclic) bond motifs is 1. The van der Waals surface area contributed by atoms with Crippen LogP contribution in [0.25, 0.3) is 0 Å². The number of nitrogens with two attached hydrogens (primary N) is 2. The zero-order valence-electron chi connectivity index (χ0n) is 11.7. The molecule has 0 saturated carbocycles. The molecule has 1 fully saturated rings. The molecule has 2 aliphatic rings. The molecule has 4 N–H and O–H groups in total. The summed E-state index contributed by atoms with van der Waals surface area (Å²) in [5, 5.41) is 0. The molecule has 0 spiro atoms. The number of carbonyl (C=O) groups excluding carboxylic acids is 2. The molecule has 1 aromatic rings. The monoisotopic (exact) mass is 285 g/mol. The lowest BCUT2D eigenvalue weighted by Gasteiger charge is -2.37. The summed E-state index contributed by atoms with van der Waals surface area (Å²) in [6, 6.07) is 9.33. The fraction of sp³-hybridized carbons (Fsp3) is 0.250. The van der Waals surface area contributed by atoms with E-state index in [0.717, 1.165) is 12.1 Å². The fourth-order valence-corrected chi connectivity index (χ4v) is 2.62. The van der Waals surface area contributed by atoms with Gasteiger partial charge in [0.2, 0.25) is 0 Å². The number of anilines is 1. The second-order valence-corrected chi connectivity index (χ2v) is 5.02. The highest BCUT2D eigenvalue weighted by Gasteiger charge is 2.30. The summed E-state index contributed by atoms with van der Waals surface area (Å²) in [5.41, 5.74) is 10.9. The minimum absolute atomic E-state index is 0.339. The molecule has 1 saturated heterocycles. The zero-order chi connectivity index (χ0) is 15.2. The fourth-order valence-electron chi connectivity index (χ4n) is 2.62. The SMILES string of the molecule is NC(N)=O.O=C1CC2CC=CC=C2N(c2ccccc2)C1. The molecule has 0 bridgehead atoms. The number of carbonyl (C=O) groups is 2. The van der Waals surface area contributed by atoms with Gasteiger partial charge in [0.05, 0.1) is 6.54 Å². The van der Waals surface area contributed by atoms with Crippen LogP contribution in [0.5, 0.6) is 0 Å².